The van der Waals surface area contributed by atoms with E-state index in [1.54, 1.807) is 12.3 Å². The third kappa shape index (κ3) is 6.79. The summed E-state index contributed by atoms with van der Waals surface area (Å²) in [6.45, 7) is 1.62. The highest BCUT2D eigenvalue weighted by Gasteiger charge is 2.55. The number of carbonyl (C=O) groups is 3. The molecule has 5 rings (SSSR count). The molecule has 2 amide bonds. The van der Waals surface area contributed by atoms with E-state index >= 15 is 0 Å². The van der Waals surface area contributed by atoms with Crippen LogP contribution < -0.4 is 20.1 Å². The number of carboxylic acids is 1. The number of rotatable bonds is 11. The Morgan fingerprint density at radius 1 is 1.30 bits per heavy atom. The number of carboxylic acid groups (broad SMARTS) is 1. The fourth-order valence-electron chi connectivity index (χ4n) is 3.92. The summed E-state index contributed by atoms with van der Waals surface area (Å²) in [4.78, 5) is 70.9. The lowest BCUT2D eigenvalue weighted by atomic mass is 10.0. The summed E-state index contributed by atoms with van der Waals surface area (Å²) in [7, 11) is -2.83. The second-order valence-corrected chi connectivity index (χ2v) is 14.2. The molecular formula is C22H21N8O9PS4. The van der Waals surface area contributed by atoms with Crippen LogP contribution >= 0.6 is 54.1 Å². The van der Waals surface area contributed by atoms with Gasteiger partial charge < -0.3 is 34.9 Å². The van der Waals surface area contributed by atoms with E-state index in [9.17, 15) is 29.2 Å². The second kappa shape index (κ2) is 12.9. The zero-order valence-electron chi connectivity index (χ0n) is 22.4. The first-order valence-electron chi connectivity index (χ1n) is 12.3. The SMILES string of the molecule is CCO/N=C(\C(=O)N[C@@H]1C(=O)N2C(C(=O)[O-])=C(Sc3nc(-c4cc[n+](C)cc4)cs3)C(O)S[C@H]12)c1nsc(NP(=O)(O)O)n1. The van der Waals surface area contributed by atoms with E-state index in [0.717, 1.165) is 34.0 Å². The summed E-state index contributed by atoms with van der Waals surface area (Å²) in [6.07, 6.45) is 3.70. The number of aliphatic carboxylic acids is 1. The van der Waals surface area contributed by atoms with Gasteiger partial charge in [-0.1, -0.05) is 28.7 Å². The predicted octanol–water partition coefficient (Wildman–Crippen LogP) is -0.797. The Bertz CT molecular complexity index is 1720. The van der Waals surface area contributed by atoms with E-state index in [2.05, 4.69) is 24.8 Å². The molecule has 17 nitrogen and oxygen atoms in total. The van der Waals surface area contributed by atoms with Crippen LogP contribution in [0.3, 0.4) is 0 Å². The average molecular weight is 701 g/mol. The molecule has 44 heavy (non-hydrogen) atoms. The number of nitrogens with zero attached hydrogens (tertiary/aromatic N) is 6. The normalized spacial score (nSPS) is 20.2. The Kier molecular flexibility index (Phi) is 9.37. The van der Waals surface area contributed by atoms with E-state index in [0.29, 0.717) is 21.6 Å². The minimum Gasteiger partial charge on any atom is -0.543 e. The fraction of sp³-hybridized carbons (Fsp3) is 0.273. The van der Waals surface area contributed by atoms with Gasteiger partial charge in [-0.15, -0.1) is 11.3 Å². The highest BCUT2D eigenvalue weighted by molar-refractivity contribution is 8.07. The van der Waals surface area contributed by atoms with E-state index in [1.807, 2.05) is 41.2 Å². The van der Waals surface area contributed by atoms with Crippen LogP contribution in [0.1, 0.15) is 12.7 Å². The van der Waals surface area contributed by atoms with E-state index in [-0.39, 0.29) is 22.5 Å². The highest BCUT2D eigenvalue weighted by Crippen LogP contribution is 2.48. The third-order valence-electron chi connectivity index (χ3n) is 5.82. The smallest absolute Gasteiger partial charge is 0.429 e. The minimum absolute atomic E-state index is 0.0419. The van der Waals surface area contributed by atoms with E-state index in [4.69, 9.17) is 14.6 Å². The largest absolute Gasteiger partial charge is 0.543 e. The predicted molar refractivity (Wildman–Crippen MR) is 157 cm³/mol. The Labute approximate surface area is 264 Å². The molecule has 1 unspecified atom stereocenters. The van der Waals surface area contributed by atoms with Gasteiger partial charge in [-0.2, -0.15) is 9.36 Å². The summed E-state index contributed by atoms with van der Waals surface area (Å²) < 4.78 is 17.4. The average Bonchev–Trinajstić information content (AvgIpc) is 3.62. The number of thioether (sulfide) groups is 2. The molecule has 3 aromatic rings. The maximum Gasteiger partial charge on any atom is 0.429 e. The molecule has 0 radical (unpaired) electrons. The van der Waals surface area contributed by atoms with E-state index in [1.165, 1.54) is 11.3 Å². The van der Waals surface area contributed by atoms with Gasteiger partial charge in [0.25, 0.3) is 11.8 Å². The first-order valence-corrected chi connectivity index (χ1v) is 17.3. The number of β-lactam (4-membered cyclic amide) rings is 1. The van der Waals surface area contributed by atoms with Gasteiger partial charge in [0.15, 0.2) is 16.7 Å². The minimum atomic E-state index is -4.71. The first kappa shape index (κ1) is 32.0. The van der Waals surface area contributed by atoms with Crippen molar-refractivity contribution < 1.29 is 48.4 Å². The van der Waals surface area contributed by atoms with Crippen molar-refractivity contribution in [3.05, 3.63) is 46.3 Å². The number of fused-ring (bicyclic) bond motifs is 1. The number of aromatic nitrogens is 4. The van der Waals surface area contributed by atoms with Crippen LogP contribution in [0.25, 0.3) is 11.3 Å². The number of aliphatic hydroxyl groups is 1. The third-order valence-corrected chi connectivity index (χ3v) is 10.6. The molecule has 0 spiro atoms. The van der Waals surface area contributed by atoms with Crippen LogP contribution in [-0.2, 0) is 30.8 Å². The Balaban J connectivity index is 1.34. The van der Waals surface area contributed by atoms with Gasteiger partial charge in [0, 0.05) is 34.6 Å². The zero-order valence-corrected chi connectivity index (χ0v) is 26.5. The molecule has 22 heteroatoms. The molecule has 5 heterocycles. The number of nitrogens with one attached hydrogen (secondary N) is 2. The molecule has 1 saturated heterocycles. The van der Waals surface area contributed by atoms with Gasteiger partial charge in [-0.05, 0) is 6.92 Å². The molecule has 3 aromatic heterocycles. The van der Waals surface area contributed by atoms with Crippen LogP contribution in [0.15, 0.2) is 50.0 Å². The molecule has 2 aliphatic rings. The summed E-state index contributed by atoms with van der Waals surface area (Å²) in [5.74, 6) is -3.82. The molecule has 1 fully saturated rings. The lowest BCUT2D eigenvalue weighted by molar-refractivity contribution is -0.671. The van der Waals surface area contributed by atoms with Crippen molar-refractivity contribution in [2.45, 2.75) is 28.1 Å². The van der Waals surface area contributed by atoms with Gasteiger partial charge in [0.05, 0.1) is 22.3 Å². The number of thiazole rings is 1. The molecule has 232 valence electrons. The van der Waals surface area contributed by atoms with Crippen molar-refractivity contribution in [3.63, 3.8) is 0 Å². The number of carbonyl (C=O) groups excluding carboxylic acids is 3. The Morgan fingerprint density at radius 3 is 2.68 bits per heavy atom. The van der Waals surface area contributed by atoms with Crippen molar-refractivity contribution in [2.75, 3.05) is 11.7 Å². The fourth-order valence-corrected chi connectivity index (χ4v) is 8.52. The second-order valence-electron chi connectivity index (χ2n) is 8.83. The molecule has 2 aliphatic heterocycles. The molecular weight excluding hydrogens is 680 g/mol. The van der Waals surface area contributed by atoms with Crippen molar-refractivity contribution in [2.24, 2.45) is 12.2 Å². The zero-order chi connectivity index (χ0) is 31.8. The number of amides is 2. The van der Waals surface area contributed by atoms with Crippen molar-refractivity contribution in [1.82, 2.24) is 24.6 Å². The van der Waals surface area contributed by atoms with Gasteiger partial charge >= 0.3 is 7.75 Å². The number of aryl methyl sites for hydroxylation is 1. The number of aliphatic hydroxyl groups excluding tert-OH is 1. The molecule has 5 N–H and O–H groups in total. The number of oxime groups is 1. The van der Waals surface area contributed by atoms with Gasteiger partial charge in [0.1, 0.15) is 30.5 Å². The van der Waals surface area contributed by atoms with E-state index < -0.39 is 53.8 Å². The molecule has 0 aliphatic carbocycles. The summed E-state index contributed by atoms with van der Waals surface area (Å²) in [6, 6.07) is 2.45. The number of anilines is 1. The highest BCUT2D eigenvalue weighted by atomic mass is 32.2. The molecule has 3 atom stereocenters. The maximum atomic E-state index is 13.2. The number of hydrogen-bond acceptors (Lipinski definition) is 15. The number of hydrogen-bond donors (Lipinski definition) is 5. The first-order chi connectivity index (χ1) is 20.9. The maximum absolute atomic E-state index is 13.2. The molecule has 0 aromatic carbocycles. The van der Waals surface area contributed by atoms with Crippen molar-refractivity contribution in [1.29, 1.82) is 0 Å². The van der Waals surface area contributed by atoms with Crippen LogP contribution in [0.4, 0.5) is 5.13 Å². The van der Waals surface area contributed by atoms with Gasteiger partial charge in [-0.3, -0.25) is 19.6 Å². The Morgan fingerprint density at radius 2 is 2.02 bits per heavy atom. The van der Waals surface area contributed by atoms with Gasteiger partial charge in [-0.25, -0.2) is 14.1 Å². The van der Waals surface area contributed by atoms with Crippen LogP contribution in [0.5, 0.6) is 0 Å². The quantitative estimate of drug-likeness (QED) is 0.0541. The molecule has 0 saturated carbocycles. The summed E-state index contributed by atoms with van der Waals surface area (Å²) >= 11 is 3.50. The lowest BCUT2D eigenvalue weighted by Crippen LogP contribution is -2.72. The Hall–Kier alpha value is -3.43. The van der Waals surface area contributed by atoms with Gasteiger partial charge in [0.2, 0.25) is 16.7 Å². The standard InChI is InChI=1S/C22H21N8O9PS4/c1-3-39-26-11(15-25-21(44-28-15)27-40(36,37)38)16(31)24-12-17(32)30-13(19(33)34)14(20(35)43-18(12)30)42-22-23-10(8-41-22)9-4-6-29(2)7-5-9/h4-8,12,18,20,35H,3H2,1-2H3,(H4-,24,25,27,28,31,33,34,36,37,38)/b26-11-/t12-,18-,20?/m1/s1. The van der Waals surface area contributed by atoms with Crippen LogP contribution in [0, 0.1) is 0 Å². The summed E-state index contributed by atoms with van der Waals surface area (Å²) in [5.41, 5.74) is -0.959. The van der Waals surface area contributed by atoms with Crippen molar-refractivity contribution in [3.8, 4) is 11.3 Å². The van der Waals surface area contributed by atoms with Crippen LogP contribution in [-0.4, -0.2) is 81.1 Å². The lowest BCUT2D eigenvalue weighted by Gasteiger charge is -2.51. The summed E-state index contributed by atoms with van der Waals surface area (Å²) in [5, 5.41) is 31.6. The number of pyridine rings is 1. The monoisotopic (exact) mass is 700 g/mol. The molecule has 0 bridgehead atoms. The topological polar surface area (TPSA) is 243 Å². The van der Waals surface area contributed by atoms with Crippen LogP contribution in [0.2, 0.25) is 0 Å². The van der Waals surface area contributed by atoms with Crippen molar-refractivity contribution >= 4 is 82.8 Å².